The maximum absolute atomic E-state index is 5.72. The van der Waals surface area contributed by atoms with E-state index in [0.29, 0.717) is 0 Å². The van der Waals surface area contributed by atoms with E-state index in [1.165, 1.54) is 54.2 Å². The summed E-state index contributed by atoms with van der Waals surface area (Å²) in [7, 11) is 0. The van der Waals surface area contributed by atoms with E-state index in [1.807, 2.05) is 0 Å². The average Bonchev–Trinajstić information content (AvgIpc) is 3.81. The fourth-order valence-electron chi connectivity index (χ4n) is 11.2. The summed E-state index contributed by atoms with van der Waals surface area (Å²) in [5.41, 5.74) is 18.7. The molecule has 2 heteroatoms. The van der Waals surface area contributed by atoms with Crippen molar-refractivity contribution in [3.05, 3.63) is 279 Å². The zero-order valence-electron chi connectivity index (χ0n) is 40.0. The molecule has 0 fully saturated rings. The third kappa shape index (κ3) is 7.56. The molecule has 2 heterocycles. The first-order chi connectivity index (χ1) is 36.2. The van der Waals surface area contributed by atoms with Gasteiger partial charge in [0.2, 0.25) is 0 Å². The topological polar surface area (TPSA) is 17.8 Å². The van der Waals surface area contributed by atoms with Crippen LogP contribution in [0, 0.1) is 0 Å². The normalized spacial score (nSPS) is 11.6. The van der Waals surface area contributed by atoms with Crippen molar-refractivity contribution in [2.75, 3.05) is 0 Å². The van der Waals surface area contributed by atoms with Crippen molar-refractivity contribution in [3.8, 4) is 83.8 Å². The third-order valence-electron chi connectivity index (χ3n) is 14.7. The molecule has 0 spiro atoms. The van der Waals surface area contributed by atoms with Crippen LogP contribution in [0.5, 0.6) is 0 Å². The molecular weight excluding hydrogens is 881 g/mol. The molecule has 0 aliphatic carbocycles. The van der Waals surface area contributed by atoms with Crippen LogP contribution in [0.1, 0.15) is 0 Å². The number of para-hydroxylation sites is 1. The second-order valence-electron chi connectivity index (χ2n) is 19.1. The van der Waals surface area contributed by atoms with Crippen LogP contribution in [0.15, 0.2) is 279 Å². The molecule has 340 valence electrons. The molecule has 0 aliphatic heterocycles. The van der Waals surface area contributed by atoms with E-state index in [9.17, 15) is 0 Å². The van der Waals surface area contributed by atoms with E-state index in [2.05, 4.69) is 284 Å². The number of rotatable bonds is 8. The highest BCUT2D eigenvalue weighted by molar-refractivity contribution is 6.25. The second kappa shape index (κ2) is 17.6. The first kappa shape index (κ1) is 42.3. The SMILES string of the molecule is c1ccc(-c2cc(-c3ccccc3)cc(-c3cc(-c4ccccc4)cc(-c4cc(-c5ccc6c7ccccc7c7ccccc7c6c5)cc(-n5c6ccccc6c6ccc(-c7ccccc7)cc65)c4)n3)c2)cc1. The molecule has 0 unspecified atom stereocenters. The van der Waals surface area contributed by atoms with Crippen LogP contribution in [0.2, 0.25) is 0 Å². The van der Waals surface area contributed by atoms with Gasteiger partial charge in [-0.05, 0) is 155 Å². The maximum Gasteiger partial charge on any atom is 0.0716 e. The standard InChI is InChI=1S/C71H46N2/c1-5-19-47(20-6-1)52-34-36-66-65-31-17-18-32-70(65)73(71(66)46-52)59-41-55(51-33-35-64-62-29-14-13-27-60(62)61-28-15-16-30-63(61)67(64)43-51)40-58(42-59)69-45-56(50-25-11-4-12-26-50)44-68(72-69)57-38-53(48-21-7-2-8-22-48)37-54(39-57)49-23-9-3-10-24-49/h1-46H. The van der Waals surface area contributed by atoms with Gasteiger partial charge in [-0.15, -0.1) is 0 Å². The Bertz CT molecular complexity index is 4310. The fourth-order valence-corrected chi connectivity index (χ4v) is 11.2. The summed E-state index contributed by atoms with van der Waals surface area (Å²) in [5, 5.41) is 9.96. The van der Waals surface area contributed by atoms with Gasteiger partial charge in [-0.25, -0.2) is 4.98 Å². The van der Waals surface area contributed by atoms with Gasteiger partial charge in [-0.2, -0.15) is 0 Å². The van der Waals surface area contributed by atoms with E-state index < -0.39 is 0 Å². The van der Waals surface area contributed by atoms with Gasteiger partial charge in [0.15, 0.2) is 0 Å². The Hall–Kier alpha value is -9.63. The molecule has 0 saturated carbocycles. The minimum atomic E-state index is 0.897. The first-order valence-corrected chi connectivity index (χ1v) is 25.1. The summed E-state index contributed by atoms with van der Waals surface area (Å²) >= 11 is 0. The lowest BCUT2D eigenvalue weighted by molar-refractivity contribution is 1.18. The van der Waals surface area contributed by atoms with E-state index in [4.69, 9.17) is 4.98 Å². The van der Waals surface area contributed by atoms with Gasteiger partial charge >= 0.3 is 0 Å². The van der Waals surface area contributed by atoms with Gasteiger partial charge in [0.25, 0.3) is 0 Å². The molecule has 0 amide bonds. The predicted molar refractivity (Wildman–Crippen MR) is 309 cm³/mol. The van der Waals surface area contributed by atoms with Crippen LogP contribution in [-0.4, -0.2) is 9.55 Å². The van der Waals surface area contributed by atoms with Crippen molar-refractivity contribution in [2.45, 2.75) is 0 Å². The Kier molecular flexibility index (Phi) is 10.2. The van der Waals surface area contributed by atoms with Crippen molar-refractivity contribution in [2.24, 2.45) is 0 Å². The number of hydrogen-bond donors (Lipinski definition) is 0. The highest BCUT2D eigenvalue weighted by Gasteiger charge is 2.19. The quantitative estimate of drug-likeness (QED) is 0.139. The van der Waals surface area contributed by atoms with Gasteiger partial charge < -0.3 is 4.57 Å². The molecule has 73 heavy (non-hydrogen) atoms. The minimum absolute atomic E-state index is 0.897. The molecule has 14 rings (SSSR count). The zero-order chi connectivity index (χ0) is 48.2. The Morgan fingerprint density at radius 1 is 0.192 bits per heavy atom. The molecule has 2 aromatic heterocycles. The fraction of sp³-hybridized carbons (Fsp3) is 0. The van der Waals surface area contributed by atoms with Crippen molar-refractivity contribution >= 4 is 54.1 Å². The molecule has 0 aliphatic rings. The van der Waals surface area contributed by atoms with E-state index in [-0.39, 0.29) is 0 Å². The molecule has 14 aromatic rings. The summed E-state index contributed by atoms with van der Waals surface area (Å²) < 4.78 is 2.46. The lowest BCUT2D eigenvalue weighted by Crippen LogP contribution is -1.98. The summed E-state index contributed by atoms with van der Waals surface area (Å²) in [6.07, 6.45) is 0. The predicted octanol–water partition coefficient (Wildman–Crippen LogP) is 19.3. The lowest BCUT2D eigenvalue weighted by Gasteiger charge is -2.17. The van der Waals surface area contributed by atoms with Crippen molar-refractivity contribution < 1.29 is 0 Å². The smallest absolute Gasteiger partial charge is 0.0716 e. The first-order valence-electron chi connectivity index (χ1n) is 25.1. The molecule has 2 nitrogen and oxygen atoms in total. The number of nitrogens with zero attached hydrogens (tertiary/aromatic N) is 2. The van der Waals surface area contributed by atoms with Crippen molar-refractivity contribution in [1.82, 2.24) is 9.55 Å². The zero-order valence-corrected chi connectivity index (χ0v) is 40.0. The van der Waals surface area contributed by atoms with Crippen LogP contribution in [0.4, 0.5) is 0 Å². The summed E-state index contributed by atoms with van der Waals surface area (Å²) in [5.74, 6) is 0. The van der Waals surface area contributed by atoms with Gasteiger partial charge in [0.1, 0.15) is 0 Å². The molecule has 12 aromatic carbocycles. The number of fused-ring (bicyclic) bond motifs is 9. The van der Waals surface area contributed by atoms with Gasteiger partial charge in [0, 0.05) is 27.6 Å². The molecule has 0 radical (unpaired) electrons. The monoisotopic (exact) mass is 926 g/mol. The van der Waals surface area contributed by atoms with Crippen LogP contribution in [0.25, 0.3) is 138 Å². The molecule has 0 bridgehead atoms. The van der Waals surface area contributed by atoms with Crippen molar-refractivity contribution in [3.63, 3.8) is 0 Å². The number of pyridine rings is 1. The Labute approximate surface area is 424 Å². The van der Waals surface area contributed by atoms with E-state index in [1.54, 1.807) is 0 Å². The third-order valence-corrected chi connectivity index (χ3v) is 14.7. The van der Waals surface area contributed by atoms with E-state index in [0.717, 1.165) is 83.7 Å². The summed E-state index contributed by atoms with van der Waals surface area (Å²) in [4.78, 5) is 5.72. The summed E-state index contributed by atoms with van der Waals surface area (Å²) in [6.45, 7) is 0. The van der Waals surface area contributed by atoms with Gasteiger partial charge in [-0.3, -0.25) is 0 Å². The van der Waals surface area contributed by atoms with Gasteiger partial charge in [-0.1, -0.05) is 212 Å². The van der Waals surface area contributed by atoms with Crippen LogP contribution in [0.3, 0.4) is 0 Å². The lowest BCUT2D eigenvalue weighted by atomic mass is 9.91. The Morgan fingerprint density at radius 2 is 0.534 bits per heavy atom. The number of benzene rings is 12. The second-order valence-corrected chi connectivity index (χ2v) is 19.1. The van der Waals surface area contributed by atoms with Gasteiger partial charge in [0.05, 0.1) is 22.4 Å². The van der Waals surface area contributed by atoms with E-state index >= 15 is 0 Å². The average molecular weight is 927 g/mol. The van der Waals surface area contributed by atoms with Crippen LogP contribution >= 0.6 is 0 Å². The van der Waals surface area contributed by atoms with Crippen molar-refractivity contribution in [1.29, 1.82) is 0 Å². The number of hydrogen-bond acceptors (Lipinski definition) is 1. The number of aromatic nitrogens is 2. The highest BCUT2D eigenvalue weighted by atomic mass is 15.0. The Balaban J connectivity index is 1.05. The van der Waals surface area contributed by atoms with Crippen LogP contribution in [-0.2, 0) is 0 Å². The molecule has 0 N–H and O–H groups in total. The molecule has 0 saturated heterocycles. The highest BCUT2D eigenvalue weighted by Crippen LogP contribution is 2.42. The maximum atomic E-state index is 5.72. The Morgan fingerprint density at radius 3 is 1.07 bits per heavy atom. The van der Waals surface area contributed by atoms with Crippen LogP contribution < -0.4 is 0 Å². The molecule has 0 atom stereocenters. The minimum Gasteiger partial charge on any atom is -0.309 e. The largest absolute Gasteiger partial charge is 0.309 e. The molecular formula is C71H46N2. The summed E-state index contributed by atoms with van der Waals surface area (Å²) in [6, 6.07) is 102.